The van der Waals surface area contributed by atoms with Crippen molar-refractivity contribution in [1.29, 1.82) is 0 Å². The standard InChI is InChI=1S/C27H30F3N5O4S/c1-4-39-26(38)20-18(12-34-13-27(29,30)22-19(34)8-10-35(22)15(3)25(36)37)32-23(24-31-9-11-40-24)33-21(20)16-6-5-7-17(28)14(16)2/h5-7,9,11,15,19,21-22H,4,8,10,12-13H2,1-3H3,(H,32,33)(H,36,37)/t15-,19-,21-,22+/m0/s1. The number of carbonyl (C=O) groups excluding carboxylic acids is 1. The molecule has 1 aromatic heterocycles. The Morgan fingerprint density at radius 1 is 1.35 bits per heavy atom. The molecular formula is C27H30F3N5O4S. The van der Waals surface area contributed by atoms with Crippen LogP contribution in [0.3, 0.4) is 0 Å². The van der Waals surface area contributed by atoms with E-state index < -0.39 is 54.4 Å². The minimum absolute atomic E-state index is 0.0715. The van der Waals surface area contributed by atoms with Crippen LogP contribution >= 0.6 is 11.3 Å². The predicted molar refractivity (Wildman–Crippen MR) is 142 cm³/mol. The lowest BCUT2D eigenvalue weighted by atomic mass is 9.92. The molecule has 13 heteroatoms. The fourth-order valence-electron chi connectivity index (χ4n) is 5.90. The average molecular weight is 578 g/mol. The molecule has 214 valence electrons. The molecule has 4 atom stereocenters. The smallest absolute Gasteiger partial charge is 0.338 e. The number of carbonyl (C=O) groups is 2. The number of fused-ring (bicyclic) bond motifs is 1. The van der Waals surface area contributed by atoms with Crippen LogP contribution < -0.4 is 5.32 Å². The van der Waals surface area contributed by atoms with E-state index in [0.717, 1.165) is 0 Å². The fraction of sp³-hybridized carbons (Fsp3) is 0.481. The van der Waals surface area contributed by atoms with E-state index in [2.05, 4.69) is 10.3 Å². The SMILES string of the molecule is CCOC(=O)C1=C(CN2CC(F)(F)[C@H]3[C@@H]2CCN3[C@@H](C)C(=O)O)NC(c2nccs2)=N[C@H]1c1cccc(F)c1C. The minimum atomic E-state index is -3.17. The van der Waals surface area contributed by atoms with Crippen LogP contribution in [0.4, 0.5) is 13.2 Å². The Morgan fingerprint density at radius 3 is 2.80 bits per heavy atom. The normalized spacial score (nSPS) is 25.4. The lowest BCUT2D eigenvalue weighted by Crippen LogP contribution is -2.51. The Balaban J connectivity index is 1.58. The molecule has 4 heterocycles. The molecule has 0 radical (unpaired) electrons. The molecule has 9 nitrogen and oxygen atoms in total. The number of aliphatic imine (C=N–C) groups is 1. The molecule has 0 bridgehead atoms. The number of benzene rings is 1. The Hall–Kier alpha value is -3.29. The lowest BCUT2D eigenvalue weighted by molar-refractivity contribution is -0.145. The van der Waals surface area contributed by atoms with Gasteiger partial charge in [-0.1, -0.05) is 12.1 Å². The Kier molecular flexibility index (Phi) is 7.73. The van der Waals surface area contributed by atoms with Crippen molar-refractivity contribution in [3.63, 3.8) is 0 Å². The quantitative estimate of drug-likeness (QED) is 0.460. The van der Waals surface area contributed by atoms with Crippen LogP contribution in [0.2, 0.25) is 0 Å². The van der Waals surface area contributed by atoms with Crippen LogP contribution in [0.25, 0.3) is 0 Å². The minimum Gasteiger partial charge on any atom is -0.480 e. The van der Waals surface area contributed by atoms with Gasteiger partial charge in [-0.15, -0.1) is 11.3 Å². The highest BCUT2D eigenvalue weighted by atomic mass is 32.1. The first-order valence-electron chi connectivity index (χ1n) is 13.0. The molecule has 2 saturated heterocycles. The van der Waals surface area contributed by atoms with Gasteiger partial charge in [0, 0.05) is 36.4 Å². The average Bonchev–Trinajstić information content (AvgIpc) is 3.64. The van der Waals surface area contributed by atoms with E-state index in [1.54, 1.807) is 36.4 Å². The van der Waals surface area contributed by atoms with Crippen molar-refractivity contribution in [1.82, 2.24) is 20.1 Å². The van der Waals surface area contributed by atoms with Gasteiger partial charge in [-0.25, -0.2) is 22.9 Å². The van der Waals surface area contributed by atoms with Crippen molar-refractivity contribution in [2.24, 2.45) is 4.99 Å². The summed E-state index contributed by atoms with van der Waals surface area (Å²) in [6, 6.07) is 0.590. The highest BCUT2D eigenvalue weighted by Crippen LogP contribution is 2.43. The van der Waals surface area contributed by atoms with Gasteiger partial charge in [0.25, 0.3) is 5.92 Å². The number of hydrogen-bond donors (Lipinski definition) is 2. The molecule has 2 aromatic rings. The van der Waals surface area contributed by atoms with Crippen molar-refractivity contribution < 1.29 is 32.6 Å². The van der Waals surface area contributed by atoms with Gasteiger partial charge in [0.2, 0.25) is 0 Å². The number of nitrogens with one attached hydrogen (secondary N) is 1. The number of esters is 1. The largest absolute Gasteiger partial charge is 0.480 e. The third-order valence-corrected chi connectivity index (χ3v) is 8.58. The number of thiazole rings is 1. The number of aliphatic carboxylic acids is 1. The molecule has 0 spiro atoms. The number of likely N-dealkylation sites (tertiary alicyclic amines) is 2. The number of halogens is 3. The van der Waals surface area contributed by atoms with Crippen LogP contribution in [0, 0.1) is 12.7 Å². The zero-order chi connectivity index (χ0) is 28.8. The summed E-state index contributed by atoms with van der Waals surface area (Å²) in [4.78, 5) is 37.0. The van der Waals surface area contributed by atoms with Crippen LogP contribution in [0.5, 0.6) is 0 Å². The second-order valence-electron chi connectivity index (χ2n) is 10.1. The van der Waals surface area contributed by atoms with Gasteiger partial charge in [-0.3, -0.25) is 19.6 Å². The summed E-state index contributed by atoms with van der Waals surface area (Å²) in [6.07, 6.45) is 1.94. The maximum Gasteiger partial charge on any atom is 0.338 e. The number of ether oxygens (including phenoxy) is 1. The Labute approximate surface area is 233 Å². The number of hydrogen-bond acceptors (Lipinski definition) is 9. The molecule has 0 amide bonds. The highest BCUT2D eigenvalue weighted by molar-refractivity contribution is 7.11. The molecule has 0 aliphatic carbocycles. The number of amidine groups is 1. The third kappa shape index (κ3) is 5.01. The van der Waals surface area contributed by atoms with Gasteiger partial charge in [-0.05, 0) is 44.4 Å². The third-order valence-electron chi connectivity index (χ3n) is 7.80. The lowest BCUT2D eigenvalue weighted by Gasteiger charge is -2.31. The maximum atomic E-state index is 15.4. The molecule has 5 rings (SSSR count). The molecule has 2 fully saturated rings. The van der Waals surface area contributed by atoms with Gasteiger partial charge >= 0.3 is 11.9 Å². The molecule has 1 aromatic carbocycles. The Bertz CT molecular complexity index is 1370. The van der Waals surface area contributed by atoms with Gasteiger partial charge < -0.3 is 15.2 Å². The van der Waals surface area contributed by atoms with E-state index in [0.29, 0.717) is 34.1 Å². The van der Waals surface area contributed by atoms with E-state index >= 15 is 8.78 Å². The molecule has 0 saturated carbocycles. The molecule has 3 aliphatic heterocycles. The predicted octanol–water partition coefficient (Wildman–Crippen LogP) is 3.37. The second kappa shape index (κ2) is 10.9. The molecular weight excluding hydrogens is 547 g/mol. The summed E-state index contributed by atoms with van der Waals surface area (Å²) in [7, 11) is 0. The summed E-state index contributed by atoms with van der Waals surface area (Å²) in [5.74, 6) is -5.15. The molecule has 2 N–H and O–H groups in total. The Morgan fingerprint density at radius 2 is 2.12 bits per heavy atom. The number of nitrogens with zero attached hydrogens (tertiary/aromatic N) is 4. The van der Waals surface area contributed by atoms with Crippen LogP contribution in [-0.2, 0) is 14.3 Å². The van der Waals surface area contributed by atoms with E-state index in [1.165, 1.54) is 35.3 Å². The number of aromatic nitrogens is 1. The van der Waals surface area contributed by atoms with Crippen molar-refractivity contribution in [2.75, 3.05) is 26.2 Å². The highest BCUT2D eigenvalue weighted by Gasteiger charge is 2.60. The van der Waals surface area contributed by atoms with Crippen molar-refractivity contribution in [3.8, 4) is 0 Å². The van der Waals surface area contributed by atoms with Crippen LogP contribution in [0.1, 0.15) is 42.4 Å². The summed E-state index contributed by atoms with van der Waals surface area (Å²) in [6.45, 7) is 4.26. The fourth-order valence-corrected chi connectivity index (χ4v) is 6.49. The van der Waals surface area contributed by atoms with Gasteiger partial charge in [0.15, 0.2) is 10.8 Å². The second-order valence-corrected chi connectivity index (χ2v) is 11.0. The molecule has 0 unspecified atom stereocenters. The number of alkyl halides is 2. The van der Waals surface area contributed by atoms with Gasteiger partial charge in [0.1, 0.15) is 17.9 Å². The number of carboxylic acids is 1. The van der Waals surface area contributed by atoms with E-state index in [9.17, 15) is 19.1 Å². The number of rotatable bonds is 8. The van der Waals surface area contributed by atoms with Gasteiger partial charge in [-0.2, -0.15) is 0 Å². The topological polar surface area (TPSA) is 107 Å². The first-order chi connectivity index (χ1) is 19.0. The summed E-state index contributed by atoms with van der Waals surface area (Å²) in [5.41, 5.74) is 1.17. The van der Waals surface area contributed by atoms with Gasteiger partial charge in [0.05, 0.1) is 24.8 Å². The molecule has 3 aliphatic rings. The maximum absolute atomic E-state index is 15.4. The summed E-state index contributed by atoms with van der Waals surface area (Å²) in [5, 5.41) is 14.9. The molecule has 40 heavy (non-hydrogen) atoms. The van der Waals surface area contributed by atoms with E-state index in [1.807, 2.05) is 0 Å². The number of carboxylic acid groups (broad SMARTS) is 1. The first-order valence-corrected chi connectivity index (χ1v) is 13.9. The summed E-state index contributed by atoms with van der Waals surface area (Å²) < 4.78 is 50.9. The van der Waals surface area contributed by atoms with E-state index in [4.69, 9.17) is 9.73 Å². The monoisotopic (exact) mass is 577 g/mol. The first kappa shape index (κ1) is 28.2. The van der Waals surface area contributed by atoms with E-state index in [-0.39, 0.29) is 25.3 Å². The summed E-state index contributed by atoms with van der Waals surface area (Å²) >= 11 is 1.31. The van der Waals surface area contributed by atoms with Crippen molar-refractivity contribution in [3.05, 3.63) is 63.0 Å². The van der Waals surface area contributed by atoms with Crippen LogP contribution in [0.15, 0.2) is 46.0 Å². The van der Waals surface area contributed by atoms with Crippen molar-refractivity contribution in [2.45, 2.75) is 57.3 Å². The van der Waals surface area contributed by atoms with Crippen molar-refractivity contribution >= 4 is 29.1 Å². The van der Waals surface area contributed by atoms with Crippen LogP contribution in [-0.4, -0.2) is 88.0 Å². The zero-order valence-corrected chi connectivity index (χ0v) is 23.1. The zero-order valence-electron chi connectivity index (χ0n) is 22.2.